The van der Waals surface area contributed by atoms with E-state index in [9.17, 15) is 9.59 Å². The van der Waals surface area contributed by atoms with Crippen LogP contribution in [0.4, 0.5) is 0 Å². The van der Waals surface area contributed by atoms with Gasteiger partial charge >= 0.3 is 11.9 Å². The van der Waals surface area contributed by atoms with Crippen LogP contribution in [0.5, 0.6) is 0 Å². The number of carbonyl (C=O) groups is 2. The van der Waals surface area contributed by atoms with Gasteiger partial charge in [0.1, 0.15) is 12.7 Å². The Bertz CT molecular complexity index is 645. The number of quaternary nitrogens is 1. The molecule has 0 N–H and O–H groups in total. The van der Waals surface area contributed by atoms with Crippen molar-refractivity contribution in [1.29, 1.82) is 0 Å². The molecule has 0 aromatic heterocycles. The number of hydrogen-bond acceptors (Lipinski definition) is 4. The Morgan fingerprint density at radius 1 is 0.467 bits per heavy atom. The molecule has 0 rings (SSSR count). The minimum atomic E-state index is -0.332. The standard InChI is InChI=1S/C40H80NO4/c1-6-8-10-12-14-16-18-20-22-24-26-28-30-34-39(42)44-37-38(33-32-36-41(3,4)5)45-40(43)35-31-29-27-25-23-21-19-17-15-13-11-9-7-2/h38H,6-37H2,1-5H3/q+1. The average molecular weight is 639 g/mol. The van der Waals surface area contributed by atoms with E-state index in [1.165, 1.54) is 141 Å². The van der Waals surface area contributed by atoms with E-state index in [0.29, 0.717) is 12.8 Å². The smallest absolute Gasteiger partial charge is 0.306 e. The Morgan fingerprint density at radius 3 is 1.16 bits per heavy atom. The van der Waals surface area contributed by atoms with E-state index in [2.05, 4.69) is 35.0 Å². The highest BCUT2D eigenvalue weighted by Gasteiger charge is 2.18. The zero-order chi connectivity index (χ0) is 33.3. The van der Waals surface area contributed by atoms with E-state index in [1.807, 2.05) is 0 Å². The van der Waals surface area contributed by atoms with E-state index < -0.39 is 0 Å². The molecule has 0 saturated heterocycles. The van der Waals surface area contributed by atoms with Gasteiger partial charge in [0, 0.05) is 19.3 Å². The summed E-state index contributed by atoms with van der Waals surface area (Å²) in [6, 6.07) is 0. The Hall–Kier alpha value is -1.10. The third kappa shape index (κ3) is 35.6. The van der Waals surface area contributed by atoms with Crippen molar-refractivity contribution in [1.82, 2.24) is 0 Å². The Labute approximate surface area is 281 Å². The second kappa shape index (κ2) is 32.8. The number of hydrogen-bond donors (Lipinski definition) is 0. The van der Waals surface area contributed by atoms with Gasteiger partial charge in [0.2, 0.25) is 0 Å². The van der Waals surface area contributed by atoms with Crippen molar-refractivity contribution in [3.8, 4) is 0 Å². The first-order valence-electron chi connectivity index (χ1n) is 19.9. The van der Waals surface area contributed by atoms with Gasteiger partial charge in [-0.15, -0.1) is 0 Å². The lowest BCUT2D eigenvalue weighted by molar-refractivity contribution is -0.870. The predicted molar refractivity (Wildman–Crippen MR) is 194 cm³/mol. The van der Waals surface area contributed by atoms with Gasteiger partial charge in [-0.3, -0.25) is 9.59 Å². The van der Waals surface area contributed by atoms with Crippen LogP contribution in [0.25, 0.3) is 0 Å². The van der Waals surface area contributed by atoms with Crippen LogP contribution in [-0.4, -0.2) is 56.8 Å². The third-order valence-electron chi connectivity index (χ3n) is 9.05. The number of unbranched alkanes of at least 4 members (excludes halogenated alkanes) is 24. The van der Waals surface area contributed by atoms with E-state index in [1.54, 1.807) is 0 Å². The molecule has 0 spiro atoms. The van der Waals surface area contributed by atoms with Gasteiger partial charge in [-0.05, 0) is 19.3 Å². The molecule has 5 heteroatoms. The minimum Gasteiger partial charge on any atom is -0.462 e. The van der Waals surface area contributed by atoms with E-state index >= 15 is 0 Å². The largest absolute Gasteiger partial charge is 0.462 e. The summed E-state index contributed by atoms with van der Waals surface area (Å²) in [4.78, 5) is 25.0. The summed E-state index contributed by atoms with van der Waals surface area (Å²) in [5.74, 6) is -0.289. The van der Waals surface area contributed by atoms with Gasteiger partial charge in [-0.1, -0.05) is 168 Å². The maximum Gasteiger partial charge on any atom is 0.306 e. The summed E-state index contributed by atoms with van der Waals surface area (Å²) in [7, 11) is 6.52. The van der Waals surface area contributed by atoms with Crippen LogP contribution in [0, 0.1) is 0 Å². The molecule has 5 nitrogen and oxygen atoms in total. The maximum atomic E-state index is 12.6. The molecule has 0 aliphatic carbocycles. The van der Waals surface area contributed by atoms with E-state index in [4.69, 9.17) is 9.47 Å². The van der Waals surface area contributed by atoms with Gasteiger partial charge < -0.3 is 14.0 Å². The molecule has 0 saturated carbocycles. The molecular weight excluding hydrogens is 558 g/mol. The summed E-state index contributed by atoms with van der Waals surface area (Å²) in [5, 5.41) is 0. The van der Waals surface area contributed by atoms with Crippen molar-refractivity contribution >= 4 is 11.9 Å². The zero-order valence-corrected chi connectivity index (χ0v) is 31.3. The number of esters is 2. The Balaban J connectivity index is 3.99. The molecule has 0 amide bonds. The summed E-state index contributed by atoms with van der Waals surface area (Å²) < 4.78 is 12.3. The molecule has 268 valence electrons. The van der Waals surface area contributed by atoms with Gasteiger partial charge in [0.05, 0.1) is 27.7 Å². The van der Waals surface area contributed by atoms with Gasteiger partial charge in [0.15, 0.2) is 0 Å². The van der Waals surface area contributed by atoms with Gasteiger partial charge in [-0.2, -0.15) is 0 Å². The highest BCUT2D eigenvalue weighted by Crippen LogP contribution is 2.16. The van der Waals surface area contributed by atoms with Crippen LogP contribution in [0.1, 0.15) is 206 Å². The molecule has 0 aliphatic rings. The van der Waals surface area contributed by atoms with Crippen molar-refractivity contribution in [3.05, 3.63) is 0 Å². The van der Waals surface area contributed by atoms with Crippen LogP contribution in [0.3, 0.4) is 0 Å². The maximum absolute atomic E-state index is 12.6. The minimum absolute atomic E-state index is 0.138. The molecule has 1 unspecified atom stereocenters. The van der Waals surface area contributed by atoms with Crippen LogP contribution >= 0.6 is 0 Å². The lowest BCUT2D eigenvalue weighted by Crippen LogP contribution is -2.36. The molecular formula is C40H80NO4+. The van der Waals surface area contributed by atoms with Crippen LogP contribution < -0.4 is 0 Å². The van der Waals surface area contributed by atoms with Crippen molar-refractivity contribution in [2.45, 2.75) is 213 Å². The van der Waals surface area contributed by atoms with Crippen molar-refractivity contribution in [2.24, 2.45) is 0 Å². The normalized spacial score (nSPS) is 12.4. The fourth-order valence-electron chi connectivity index (χ4n) is 6.05. The molecule has 0 fully saturated rings. The van der Waals surface area contributed by atoms with E-state index in [0.717, 1.165) is 49.6 Å². The van der Waals surface area contributed by atoms with E-state index in [-0.39, 0.29) is 24.6 Å². The molecule has 1 atom stereocenters. The lowest BCUT2D eigenvalue weighted by Gasteiger charge is -2.25. The highest BCUT2D eigenvalue weighted by atomic mass is 16.6. The average Bonchev–Trinajstić information content (AvgIpc) is 2.99. The third-order valence-corrected chi connectivity index (χ3v) is 9.05. The summed E-state index contributed by atoms with van der Waals surface area (Å²) >= 11 is 0. The molecule has 0 radical (unpaired) electrons. The fraction of sp³-hybridized carbons (Fsp3) is 0.950. The van der Waals surface area contributed by atoms with Gasteiger partial charge in [-0.25, -0.2) is 0 Å². The van der Waals surface area contributed by atoms with Crippen molar-refractivity contribution in [2.75, 3.05) is 34.3 Å². The van der Waals surface area contributed by atoms with Crippen LogP contribution in [0.15, 0.2) is 0 Å². The lowest BCUT2D eigenvalue weighted by atomic mass is 10.0. The molecule has 0 aromatic rings. The second-order valence-electron chi connectivity index (χ2n) is 14.9. The Morgan fingerprint density at radius 2 is 0.800 bits per heavy atom. The fourth-order valence-corrected chi connectivity index (χ4v) is 6.05. The zero-order valence-electron chi connectivity index (χ0n) is 31.3. The van der Waals surface area contributed by atoms with Crippen LogP contribution in [0.2, 0.25) is 0 Å². The van der Waals surface area contributed by atoms with Crippen LogP contribution in [-0.2, 0) is 19.1 Å². The molecule has 0 aromatic carbocycles. The van der Waals surface area contributed by atoms with Crippen molar-refractivity contribution < 1.29 is 23.5 Å². The monoisotopic (exact) mass is 639 g/mol. The molecule has 45 heavy (non-hydrogen) atoms. The summed E-state index contributed by atoms with van der Waals surface area (Å²) in [6.07, 6.45) is 35.9. The topological polar surface area (TPSA) is 52.6 Å². The summed E-state index contributed by atoms with van der Waals surface area (Å²) in [6.45, 7) is 5.74. The SMILES string of the molecule is CCCCCCCCCCCCCCCC(=O)OCC(CCC[N+](C)(C)C)OC(=O)CCCCCCCCCCCCCCC. The first kappa shape index (κ1) is 43.9. The van der Waals surface area contributed by atoms with Crippen molar-refractivity contribution in [3.63, 3.8) is 0 Å². The number of ether oxygens (including phenoxy) is 2. The van der Waals surface area contributed by atoms with Gasteiger partial charge in [0.25, 0.3) is 0 Å². The molecule has 0 aliphatic heterocycles. The predicted octanol–water partition coefficient (Wildman–Crippen LogP) is 11.9. The molecule has 0 heterocycles. The Kier molecular flexibility index (Phi) is 32.0. The number of nitrogens with zero attached hydrogens (tertiary/aromatic N) is 1. The quantitative estimate of drug-likeness (QED) is 0.0394. The second-order valence-corrected chi connectivity index (χ2v) is 14.9. The first-order valence-corrected chi connectivity index (χ1v) is 19.9. The number of carbonyl (C=O) groups excluding carboxylic acids is 2. The summed E-state index contributed by atoms with van der Waals surface area (Å²) in [5.41, 5.74) is 0. The molecule has 0 bridgehead atoms. The first-order chi connectivity index (χ1) is 21.8. The highest BCUT2D eigenvalue weighted by molar-refractivity contribution is 5.70. The number of rotatable bonds is 35.